The maximum absolute atomic E-state index is 10.8. The first-order chi connectivity index (χ1) is 15.2. The van der Waals surface area contributed by atoms with E-state index < -0.39 is 0 Å². The van der Waals surface area contributed by atoms with E-state index >= 15 is 0 Å². The van der Waals surface area contributed by atoms with Gasteiger partial charge in [-0.2, -0.15) is 0 Å². The van der Waals surface area contributed by atoms with Crippen molar-refractivity contribution in [1.29, 1.82) is 0 Å². The zero-order chi connectivity index (χ0) is 21.4. The van der Waals surface area contributed by atoms with Gasteiger partial charge in [0.1, 0.15) is 18.5 Å². The van der Waals surface area contributed by atoms with Gasteiger partial charge in [-0.15, -0.1) is 6.58 Å². The lowest BCUT2D eigenvalue weighted by atomic mass is 9.88. The first kappa shape index (κ1) is 19.4. The molecule has 2 aliphatic heterocycles. The van der Waals surface area contributed by atoms with Crippen molar-refractivity contribution in [2.75, 3.05) is 6.79 Å². The van der Waals surface area contributed by atoms with Crippen LogP contribution in [0.2, 0.25) is 0 Å². The number of benzene rings is 3. The average molecular weight is 416 g/mol. The number of rotatable bonds is 6. The van der Waals surface area contributed by atoms with E-state index in [1.165, 1.54) is 0 Å². The van der Waals surface area contributed by atoms with Crippen LogP contribution in [0.4, 0.5) is 0 Å². The fourth-order valence-corrected chi connectivity index (χ4v) is 4.32. The third kappa shape index (κ3) is 3.46. The second kappa shape index (κ2) is 7.91. The van der Waals surface area contributed by atoms with Crippen LogP contribution in [0.1, 0.15) is 41.2 Å². The SMILES string of the molecule is C=CCc1c(O)cc(OCc2ccccc2)c2c1[C@H](C)[C@@H](c1ccc3c(c1)OCO3)O2. The molecule has 0 aromatic heterocycles. The first-order valence-corrected chi connectivity index (χ1v) is 10.4. The molecule has 0 fully saturated rings. The summed E-state index contributed by atoms with van der Waals surface area (Å²) in [7, 11) is 0. The van der Waals surface area contributed by atoms with E-state index in [0.717, 1.165) is 33.8 Å². The van der Waals surface area contributed by atoms with Crippen LogP contribution in [0, 0.1) is 0 Å². The summed E-state index contributed by atoms with van der Waals surface area (Å²) in [6, 6.07) is 17.4. The lowest BCUT2D eigenvalue weighted by molar-refractivity contribution is 0.173. The van der Waals surface area contributed by atoms with E-state index in [9.17, 15) is 5.11 Å². The summed E-state index contributed by atoms with van der Waals surface area (Å²) in [4.78, 5) is 0. The minimum absolute atomic E-state index is 0.0106. The third-order valence-corrected chi connectivity index (χ3v) is 5.84. The summed E-state index contributed by atoms with van der Waals surface area (Å²) in [6.07, 6.45) is 2.11. The highest BCUT2D eigenvalue weighted by molar-refractivity contribution is 5.62. The summed E-state index contributed by atoms with van der Waals surface area (Å²) in [5.41, 5.74) is 3.83. The maximum atomic E-state index is 10.8. The standard InChI is InChI=1S/C26H24O5/c1-3-7-19-20(27)13-23(28-14-17-8-5-4-6-9-17)26-24(19)16(2)25(31-26)18-10-11-21-22(12-18)30-15-29-21/h3-6,8-13,16,25,27H,1,7,14-15H2,2H3/t16-,25-/m0/s1. The molecule has 0 bridgehead atoms. The van der Waals surface area contributed by atoms with Crippen LogP contribution >= 0.6 is 0 Å². The lowest BCUT2D eigenvalue weighted by Crippen LogP contribution is -2.07. The van der Waals surface area contributed by atoms with E-state index in [-0.39, 0.29) is 24.6 Å². The number of ether oxygens (including phenoxy) is 4. The van der Waals surface area contributed by atoms with Crippen molar-refractivity contribution in [3.05, 3.63) is 89.5 Å². The van der Waals surface area contributed by atoms with Crippen LogP contribution in [0.15, 0.2) is 67.3 Å². The molecule has 31 heavy (non-hydrogen) atoms. The Hall–Kier alpha value is -3.60. The number of aromatic hydroxyl groups is 1. The molecular weight excluding hydrogens is 392 g/mol. The molecule has 158 valence electrons. The number of phenols is 1. The molecule has 5 rings (SSSR count). The van der Waals surface area contributed by atoms with Crippen molar-refractivity contribution in [2.24, 2.45) is 0 Å². The number of fused-ring (bicyclic) bond motifs is 2. The van der Waals surface area contributed by atoms with Crippen LogP contribution in [0.5, 0.6) is 28.7 Å². The fourth-order valence-electron chi connectivity index (χ4n) is 4.32. The molecule has 0 spiro atoms. The fraction of sp³-hybridized carbons (Fsp3) is 0.231. The molecule has 3 aromatic carbocycles. The van der Waals surface area contributed by atoms with E-state index in [1.54, 1.807) is 12.1 Å². The maximum Gasteiger partial charge on any atom is 0.231 e. The third-order valence-electron chi connectivity index (χ3n) is 5.84. The molecule has 0 amide bonds. The lowest BCUT2D eigenvalue weighted by Gasteiger charge is -2.17. The van der Waals surface area contributed by atoms with Gasteiger partial charge in [-0.3, -0.25) is 0 Å². The Kier molecular flexibility index (Phi) is 4.94. The molecule has 0 radical (unpaired) electrons. The van der Waals surface area contributed by atoms with Gasteiger partial charge >= 0.3 is 0 Å². The summed E-state index contributed by atoms with van der Waals surface area (Å²) in [5.74, 6) is 2.89. The second-order valence-electron chi connectivity index (χ2n) is 7.82. The Labute approximate surface area is 181 Å². The highest BCUT2D eigenvalue weighted by atomic mass is 16.7. The molecule has 2 heterocycles. The summed E-state index contributed by atoms with van der Waals surface area (Å²) < 4.78 is 23.5. The zero-order valence-corrected chi connectivity index (χ0v) is 17.3. The Morgan fingerprint density at radius 3 is 2.71 bits per heavy atom. The van der Waals surface area contributed by atoms with Gasteiger partial charge in [0.2, 0.25) is 6.79 Å². The van der Waals surface area contributed by atoms with Gasteiger partial charge in [0.25, 0.3) is 0 Å². The Bertz CT molecular complexity index is 1120. The molecule has 0 unspecified atom stereocenters. The van der Waals surface area contributed by atoms with Gasteiger partial charge in [-0.05, 0) is 29.7 Å². The number of allylic oxidation sites excluding steroid dienone is 1. The molecule has 0 saturated carbocycles. The van der Waals surface area contributed by atoms with Crippen molar-refractivity contribution in [3.63, 3.8) is 0 Å². The quantitative estimate of drug-likeness (QED) is 0.525. The highest BCUT2D eigenvalue weighted by Gasteiger charge is 2.38. The molecule has 0 saturated heterocycles. The summed E-state index contributed by atoms with van der Waals surface area (Å²) in [6.45, 7) is 6.57. The monoisotopic (exact) mass is 416 g/mol. The summed E-state index contributed by atoms with van der Waals surface area (Å²) in [5, 5.41) is 10.8. The Morgan fingerprint density at radius 1 is 1.10 bits per heavy atom. The molecular formula is C26H24O5. The Balaban J connectivity index is 1.51. The van der Waals surface area contributed by atoms with Crippen LogP contribution in [0.25, 0.3) is 0 Å². The van der Waals surface area contributed by atoms with Crippen LogP contribution in [-0.2, 0) is 13.0 Å². The smallest absolute Gasteiger partial charge is 0.231 e. The molecule has 2 atom stereocenters. The summed E-state index contributed by atoms with van der Waals surface area (Å²) >= 11 is 0. The van der Waals surface area contributed by atoms with Crippen molar-refractivity contribution >= 4 is 0 Å². The minimum atomic E-state index is -0.228. The predicted octanol–water partition coefficient (Wildman–Crippen LogP) is 5.67. The van der Waals surface area contributed by atoms with Crippen molar-refractivity contribution in [1.82, 2.24) is 0 Å². The van der Waals surface area contributed by atoms with E-state index in [1.807, 2.05) is 48.5 Å². The highest BCUT2D eigenvalue weighted by Crippen LogP contribution is 2.54. The van der Waals surface area contributed by atoms with Gasteiger partial charge in [0.05, 0.1) is 0 Å². The molecule has 1 N–H and O–H groups in total. The number of phenolic OH excluding ortho intramolecular Hbond substituents is 1. The number of hydrogen-bond donors (Lipinski definition) is 1. The largest absolute Gasteiger partial charge is 0.508 e. The minimum Gasteiger partial charge on any atom is -0.508 e. The van der Waals surface area contributed by atoms with E-state index in [2.05, 4.69) is 13.5 Å². The van der Waals surface area contributed by atoms with Gasteiger partial charge in [-0.1, -0.05) is 49.4 Å². The van der Waals surface area contributed by atoms with E-state index in [4.69, 9.17) is 18.9 Å². The molecule has 5 heteroatoms. The van der Waals surface area contributed by atoms with Crippen LogP contribution < -0.4 is 18.9 Å². The predicted molar refractivity (Wildman–Crippen MR) is 117 cm³/mol. The van der Waals surface area contributed by atoms with Gasteiger partial charge in [0.15, 0.2) is 23.0 Å². The molecule has 5 nitrogen and oxygen atoms in total. The number of hydrogen-bond acceptors (Lipinski definition) is 5. The topological polar surface area (TPSA) is 57.2 Å². The van der Waals surface area contributed by atoms with Crippen LogP contribution in [-0.4, -0.2) is 11.9 Å². The van der Waals surface area contributed by atoms with Crippen molar-refractivity contribution < 1.29 is 24.1 Å². The van der Waals surface area contributed by atoms with Crippen molar-refractivity contribution in [3.8, 4) is 28.7 Å². The van der Waals surface area contributed by atoms with Gasteiger partial charge < -0.3 is 24.1 Å². The van der Waals surface area contributed by atoms with Gasteiger partial charge in [-0.25, -0.2) is 0 Å². The average Bonchev–Trinajstić information content (AvgIpc) is 3.39. The van der Waals surface area contributed by atoms with E-state index in [0.29, 0.717) is 24.5 Å². The Morgan fingerprint density at radius 2 is 1.90 bits per heavy atom. The second-order valence-corrected chi connectivity index (χ2v) is 7.82. The van der Waals surface area contributed by atoms with Crippen molar-refractivity contribution in [2.45, 2.75) is 32.0 Å². The zero-order valence-electron chi connectivity index (χ0n) is 17.3. The molecule has 0 aliphatic carbocycles. The first-order valence-electron chi connectivity index (χ1n) is 10.4. The molecule has 3 aromatic rings. The normalized spacial score (nSPS) is 18.4. The van der Waals surface area contributed by atoms with Crippen LogP contribution in [0.3, 0.4) is 0 Å². The van der Waals surface area contributed by atoms with Gasteiger partial charge in [0, 0.05) is 23.1 Å². The molecule has 2 aliphatic rings.